The minimum Gasteiger partial charge on any atom is -0.480 e. The third-order valence-electron chi connectivity index (χ3n) is 4.82. The Morgan fingerprint density at radius 3 is 2.84 bits per heavy atom. The number of carboxylic acid groups (broad SMARTS) is 1. The van der Waals surface area contributed by atoms with Crippen LogP contribution in [0.1, 0.15) is 31.2 Å². The van der Waals surface area contributed by atoms with Gasteiger partial charge in [0.2, 0.25) is 5.89 Å². The zero-order valence-electron chi connectivity index (χ0n) is 14.8. The van der Waals surface area contributed by atoms with Crippen LogP contribution in [0.4, 0.5) is 0 Å². The summed E-state index contributed by atoms with van der Waals surface area (Å²) in [6.45, 7) is 7.62. The SMILES string of the molecule is CCN(CC(=O)O)C1CCN(Cc2nc(-c3cccs3)oc2C)CC1. The predicted octanol–water partition coefficient (Wildman–Crippen LogP) is 3.08. The number of oxazole rings is 1. The summed E-state index contributed by atoms with van der Waals surface area (Å²) >= 11 is 1.63. The van der Waals surface area contributed by atoms with Gasteiger partial charge in [0.15, 0.2) is 0 Å². The first-order valence-electron chi connectivity index (χ1n) is 8.75. The maximum atomic E-state index is 11.0. The Morgan fingerprint density at radius 1 is 1.48 bits per heavy atom. The number of nitrogens with zero attached hydrogens (tertiary/aromatic N) is 3. The summed E-state index contributed by atoms with van der Waals surface area (Å²) in [5.74, 6) is 0.839. The summed E-state index contributed by atoms with van der Waals surface area (Å²) in [5.41, 5.74) is 1.000. The van der Waals surface area contributed by atoms with Crippen molar-refractivity contribution < 1.29 is 14.3 Å². The molecule has 0 aromatic carbocycles. The van der Waals surface area contributed by atoms with Crippen molar-refractivity contribution >= 4 is 17.3 Å². The van der Waals surface area contributed by atoms with E-state index in [2.05, 4.69) is 14.8 Å². The van der Waals surface area contributed by atoms with E-state index in [1.807, 2.05) is 31.4 Å². The van der Waals surface area contributed by atoms with Crippen LogP contribution in [0.5, 0.6) is 0 Å². The highest BCUT2D eigenvalue weighted by Gasteiger charge is 2.26. The van der Waals surface area contributed by atoms with Crippen LogP contribution in [-0.4, -0.2) is 58.1 Å². The van der Waals surface area contributed by atoms with E-state index < -0.39 is 5.97 Å². The molecule has 0 saturated carbocycles. The molecule has 3 heterocycles. The van der Waals surface area contributed by atoms with Crippen molar-refractivity contribution in [2.24, 2.45) is 0 Å². The van der Waals surface area contributed by atoms with Crippen molar-refractivity contribution in [2.45, 2.75) is 39.3 Å². The molecule has 0 amide bonds. The molecular weight excluding hydrogens is 338 g/mol. The summed E-state index contributed by atoms with van der Waals surface area (Å²) in [6, 6.07) is 4.38. The van der Waals surface area contributed by atoms with Gasteiger partial charge in [0.1, 0.15) is 5.76 Å². The van der Waals surface area contributed by atoms with Crippen LogP contribution in [0.3, 0.4) is 0 Å². The lowest BCUT2D eigenvalue weighted by Gasteiger charge is -2.37. The third kappa shape index (κ3) is 4.48. The van der Waals surface area contributed by atoms with E-state index in [9.17, 15) is 4.79 Å². The highest BCUT2D eigenvalue weighted by Crippen LogP contribution is 2.27. The molecule has 1 aliphatic rings. The van der Waals surface area contributed by atoms with E-state index in [0.717, 1.165) is 55.4 Å². The van der Waals surface area contributed by atoms with Crippen molar-refractivity contribution in [3.8, 4) is 10.8 Å². The fraction of sp³-hybridized carbons (Fsp3) is 0.556. The van der Waals surface area contributed by atoms with E-state index in [-0.39, 0.29) is 6.54 Å². The maximum absolute atomic E-state index is 11.0. The van der Waals surface area contributed by atoms with Gasteiger partial charge >= 0.3 is 5.97 Å². The second-order valence-electron chi connectivity index (χ2n) is 6.46. The number of aromatic nitrogens is 1. The Morgan fingerprint density at radius 2 is 2.24 bits per heavy atom. The van der Waals surface area contributed by atoms with Crippen LogP contribution >= 0.6 is 11.3 Å². The third-order valence-corrected chi connectivity index (χ3v) is 5.67. The van der Waals surface area contributed by atoms with E-state index in [1.165, 1.54) is 0 Å². The number of thiophene rings is 1. The molecule has 6 nitrogen and oxygen atoms in total. The number of aliphatic carboxylic acids is 1. The average Bonchev–Trinajstić information content (AvgIpc) is 3.24. The van der Waals surface area contributed by atoms with Crippen LogP contribution in [-0.2, 0) is 11.3 Å². The molecule has 1 aliphatic heterocycles. The number of likely N-dealkylation sites (N-methyl/N-ethyl adjacent to an activating group) is 1. The lowest BCUT2D eigenvalue weighted by atomic mass is 10.0. The summed E-state index contributed by atoms with van der Waals surface area (Å²) in [7, 11) is 0. The van der Waals surface area contributed by atoms with Crippen molar-refractivity contribution in [1.29, 1.82) is 0 Å². The quantitative estimate of drug-likeness (QED) is 0.815. The summed E-state index contributed by atoms with van der Waals surface area (Å²) in [6.07, 6.45) is 1.99. The van der Waals surface area contributed by atoms with Gasteiger partial charge in [-0.05, 0) is 37.8 Å². The summed E-state index contributed by atoms with van der Waals surface area (Å²) in [5, 5.41) is 11.1. The lowest BCUT2D eigenvalue weighted by molar-refractivity contribution is -0.139. The predicted molar refractivity (Wildman–Crippen MR) is 97.7 cm³/mol. The number of hydrogen-bond donors (Lipinski definition) is 1. The van der Waals surface area contributed by atoms with Crippen LogP contribution in [0, 0.1) is 6.92 Å². The maximum Gasteiger partial charge on any atom is 0.317 e. The number of rotatable bonds is 7. The highest BCUT2D eigenvalue weighted by atomic mass is 32.1. The first kappa shape index (κ1) is 18.1. The van der Waals surface area contributed by atoms with Gasteiger partial charge in [-0.15, -0.1) is 11.3 Å². The highest BCUT2D eigenvalue weighted by molar-refractivity contribution is 7.13. The number of piperidine rings is 1. The number of likely N-dealkylation sites (tertiary alicyclic amines) is 1. The molecule has 25 heavy (non-hydrogen) atoms. The molecule has 1 N–H and O–H groups in total. The monoisotopic (exact) mass is 363 g/mol. The minimum absolute atomic E-state index is 0.133. The second-order valence-corrected chi connectivity index (χ2v) is 7.41. The average molecular weight is 363 g/mol. The molecule has 2 aromatic rings. The van der Waals surface area contributed by atoms with Crippen LogP contribution in [0.25, 0.3) is 10.8 Å². The normalized spacial score (nSPS) is 16.6. The number of aryl methyl sites for hydroxylation is 1. The van der Waals surface area contributed by atoms with Gasteiger partial charge in [-0.25, -0.2) is 4.98 Å². The molecule has 2 aromatic heterocycles. The van der Waals surface area contributed by atoms with Gasteiger partial charge in [0, 0.05) is 25.7 Å². The van der Waals surface area contributed by atoms with E-state index in [4.69, 9.17) is 9.52 Å². The minimum atomic E-state index is -0.747. The van der Waals surface area contributed by atoms with E-state index >= 15 is 0 Å². The largest absolute Gasteiger partial charge is 0.480 e. The van der Waals surface area contributed by atoms with Gasteiger partial charge in [0.05, 0.1) is 17.1 Å². The molecule has 0 bridgehead atoms. The Labute approximate surface area is 152 Å². The van der Waals surface area contributed by atoms with Crippen LogP contribution < -0.4 is 0 Å². The number of carbonyl (C=O) groups is 1. The smallest absolute Gasteiger partial charge is 0.317 e. The Kier molecular flexibility index (Phi) is 5.88. The molecule has 7 heteroatoms. The Hall–Kier alpha value is -1.70. The van der Waals surface area contributed by atoms with Gasteiger partial charge in [-0.1, -0.05) is 13.0 Å². The standard InChI is InChI=1S/C18H25N3O3S/c1-3-21(12-17(22)23)14-6-8-20(9-7-14)11-15-13(2)24-18(19-15)16-5-4-10-25-16/h4-5,10,14H,3,6-9,11-12H2,1-2H3,(H,22,23). The first-order chi connectivity index (χ1) is 12.1. The molecule has 0 radical (unpaired) electrons. The molecule has 0 spiro atoms. The van der Waals surface area contributed by atoms with Gasteiger partial charge in [0.25, 0.3) is 0 Å². The Bertz CT molecular complexity index is 690. The molecule has 0 aliphatic carbocycles. The Balaban J connectivity index is 1.56. The first-order valence-corrected chi connectivity index (χ1v) is 9.63. The van der Waals surface area contributed by atoms with Crippen molar-refractivity contribution in [3.63, 3.8) is 0 Å². The van der Waals surface area contributed by atoms with E-state index in [0.29, 0.717) is 11.9 Å². The zero-order chi connectivity index (χ0) is 17.8. The lowest BCUT2D eigenvalue weighted by Crippen LogP contribution is -2.46. The molecule has 3 rings (SSSR count). The number of hydrogen-bond acceptors (Lipinski definition) is 6. The summed E-state index contributed by atoms with van der Waals surface area (Å²) in [4.78, 5) is 21.2. The topological polar surface area (TPSA) is 69.8 Å². The fourth-order valence-corrected chi connectivity index (χ4v) is 4.06. The number of carboxylic acids is 1. The van der Waals surface area contributed by atoms with Crippen molar-refractivity contribution in [1.82, 2.24) is 14.8 Å². The fourth-order valence-electron chi connectivity index (χ4n) is 3.41. The second kappa shape index (κ2) is 8.12. The molecular formula is C18H25N3O3S. The van der Waals surface area contributed by atoms with Crippen molar-refractivity contribution in [3.05, 3.63) is 29.0 Å². The summed E-state index contributed by atoms with van der Waals surface area (Å²) < 4.78 is 5.82. The van der Waals surface area contributed by atoms with E-state index in [1.54, 1.807) is 11.3 Å². The molecule has 0 atom stereocenters. The van der Waals surface area contributed by atoms with Gasteiger partial charge < -0.3 is 9.52 Å². The van der Waals surface area contributed by atoms with Crippen molar-refractivity contribution in [2.75, 3.05) is 26.2 Å². The molecule has 0 unspecified atom stereocenters. The molecule has 1 fully saturated rings. The van der Waals surface area contributed by atoms with Gasteiger partial charge in [-0.3, -0.25) is 14.6 Å². The molecule has 1 saturated heterocycles. The zero-order valence-corrected chi connectivity index (χ0v) is 15.6. The van der Waals surface area contributed by atoms with Gasteiger partial charge in [-0.2, -0.15) is 0 Å². The molecule has 136 valence electrons. The van der Waals surface area contributed by atoms with Crippen LogP contribution in [0.15, 0.2) is 21.9 Å². The van der Waals surface area contributed by atoms with Crippen LogP contribution in [0.2, 0.25) is 0 Å².